The standard InChI is InChI=1S/C23H14Cl4O3/c1-12-20(29-11-15-18(26)6-3-7-19(15)27)9-8-13-22(28)21(30-23(12)13)10-14-16(24)4-2-5-17(14)25/h2-10H,11H2,1H3/b21-10-. The molecule has 3 aromatic rings. The maximum absolute atomic E-state index is 12.8. The summed E-state index contributed by atoms with van der Waals surface area (Å²) in [6.07, 6.45) is 1.55. The second kappa shape index (κ2) is 8.52. The molecule has 152 valence electrons. The van der Waals surface area contributed by atoms with Gasteiger partial charge >= 0.3 is 0 Å². The van der Waals surface area contributed by atoms with E-state index in [4.69, 9.17) is 55.9 Å². The van der Waals surface area contributed by atoms with E-state index in [1.165, 1.54) is 0 Å². The van der Waals surface area contributed by atoms with Crippen molar-refractivity contribution >= 4 is 58.3 Å². The van der Waals surface area contributed by atoms with E-state index in [1.807, 2.05) is 6.92 Å². The number of hydrogen-bond donors (Lipinski definition) is 0. The molecule has 1 aliphatic rings. The van der Waals surface area contributed by atoms with E-state index < -0.39 is 0 Å². The number of Topliss-reactive ketones (excluding diaryl/α,β-unsaturated/α-hetero) is 1. The minimum absolute atomic E-state index is 0.148. The van der Waals surface area contributed by atoms with E-state index in [0.29, 0.717) is 53.8 Å². The highest BCUT2D eigenvalue weighted by Gasteiger charge is 2.30. The maximum atomic E-state index is 12.8. The van der Waals surface area contributed by atoms with E-state index in [0.717, 1.165) is 0 Å². The summed E-state index contributed by atoms with van der Waals surface area (Å²) >= 11 is 24.8. The van der Waals surface area contributed by atoms with Crippen molar-refractivity contribution in [2.24, 2.45) is 0 Å². The number of fused-ring (bicyclic) bond motifs is 1. The van der Waals surface area contributed by atoms with Gasteiger partial charge in [-0.05, 0) is 49.4 Å². The predicted molar refractivity (Wildman–Crippen MR) is 121 cm³/mol. The zero-order chi connectivity index (χ0) is 21.4. The van der Waals surface area contributed by atoms with Crippen LogP contribution in [-0.4, -0.2) is 5.78 Å². The Morgan fingerprint density at radius 2 is 1.50 bits per heavy atom. The normalized spacial score (nSPS) is 14.0. The Balaban J connectivity index is 1.63. The SMILES string of the molecule is Cc1c(OCc2c(Cl)cccc2Cl)ccc2c1O/C(=C\c1c(Cl)cccc1Cl)C2=O. The van der Waals surface area contributed by atoms with E-state index >= 15 is 0 Å². The van der Waals surface area contributed by atoms with Crippen LogP contribution in [-0.2, 0) is 6.61 Å². The highest BCUT2D eigenvalue weighted by atomic mass is 35.5. The van der Waals surface area contributed by atoms with Crippen LogP contribution in [0.5, 0.6) is 11.5 Å². The number of allylic oxidation sites excluding steroid dienone is 1. The van der Waals surface area contributed by atoms with Crippen molar-refractivity contribution in [3.63, 3.8) is 0 Å². The number of halogens is 4. The fourth-order valence-electron chi connectivity index (χ4n) is 3.12. The van der Waals surface area contributed by atoms with Gasteiger partial charge in [0.15, 0.2) is 5.76 Å². The van der Waals surface area contributed by atoms with E-state index in [-0.39, 0.29) is 18.1 Å². The van der Waals surface area contributed by atoms with Crippen LogP contribution in [0.1, 0.15) is 27.0 Å². The van der Waals surface area contributed by atoms with Crippen LogP contribution < -0.4 is 9.47 Å². The van der Waals surface area contributed by atoms with Crippen molar-refractivity contribution in [1.29, 1.82) is 0 Å². The maximum Gasteiger partial charge on any atom is 0.231 e. The molecule has 0 atom stereocenters. The Bertz CT molecular complexity index is 1160. The molecule has 0 unspecified atom stereocenters. The van der Waals surface area contributed by atoms with Crippen molar-refractivity contribution in [2.75, 3.05) is 0 Å². The number of ether oxygens (including phenoxy) is 2. The van der Waals surface area contributed by atoms with E-state index in [2.05, 4.69) is 0 Å². The largest absolute Gasteiger partial charge is 0.488 e. The minimum Gasteiger partial charge on any atom is -0.488 e. The lowest BCUT2D eigenvalue weighted by Gasteiger charge is -2.13. The van der Waals surface area contributed by atoms with Crippen LogP contribution in [0.25, 0.3) is 6.08 Å². The first-order chi connectivity index (χ1) is 14.4. The first kappa shape index (κ1) is 21.1. The second-order valence-electron chi connectivity index (χ2n) is 6.63. The van der Waals surface area contributed by atoms with Gasteiger partial charge in [-0.15, -0.1) is 0 Å². The predicted octanol–water partition coefficient (Wildman–Crippen LogP) is 7.80. The van der Waals surface area contributed by atoms with Crippen LogP contribution in [0.15, 0.2) is 54.3 Å². The van der Waals surface area contributed by atoms with Crippen molar-refractivity contribution in [3.05, 3.63) is 96.6 Å². The third-order valence-electron chi connectivity index (χ3n) is 4.75. The summed E-state index contributed by atoms with van der Waals surface area (Å²) in [6, 6.07) is 13.8. The van der Waals surface area contributed by atoms with Gasteiger partial charge in [0.1, 0.15) is 18.1 Å². The van der Waals surface area contributed by atoms with Gasteiger partial charge in [0.2, 0.25) is 5.78 Å². The number of benzene rings is 3. The Labute approximate surface area is 193 Å². The smallest absolute Gasteiger partial charge is 0.231 e. The first-order valence-electron chi connectivity index (χ1n) is 8.94. The average Bonchev–Trinajstić information content (AvgIpc) is 3.02. The summed E-state index contributed by atoms with van der Waals surface area (Å²) in [5.74, 6) is 0.908. The van der Waals surface area contributed by atoms with Crippen molar-refractivity contribution in [1.82, 2.24) is 0 Å². The minimum atomic E-state index is -0.246. The number of hydrogen-bond acceptors (Lipinski definition) is 3. The molecule has 7 heteroatoms. The number of ketones is 1. The zero-order valence-corrected chi connectivity index (χ0v) is 18.7. The summed E-state index contributed by atoms with van der Waals surface area (Å²) in [6.45, 7) is 2.01. The van der Waals surface area contributed by atoms with Crippen LogP contribution in [0.2, 0.25) is 20.1 Å². The number of carbonyl (C=O) groups excluding carboxylic acids is 1. The first-order valence-corrected chi connectivity index (χ1v) is 10.5. The lowest BCUT2D eigenvalue weighted by Crippen LogP contribution is -2.00. The Morgan fingerprint density at radius 3 is 2.13 bits per heavy atom. The van der Waals surface area contributed by atoms with Crippen LogP contribution in [0, 0.1) is 6.92 Å². The van der Waals surface area contributed by atoms with Gasteiger partial charge in [0.05, 0.1) is 5.56 Å². The summed E-state index contributed by atoms with van der Waals surface area (Å²) < 4.78 is 11.8. The fourth-order valence-corrected chi connectivity index (χ4v) is 4.14. The molecule has 0 aliphatic carbocycles. The Morgan fingerprint density at radius 1 is 0.900 bits per heavy atom. The second-order valence-corrected chi connectivity index (χ2v) is 8.26. The summed E-state index contributed by atoms with van der Waals surface area (Å²) in [5.41, 5.74) is 2.36. The molecule has 0 radical (unpaired) electrons. The molecule has 0 spiro atoms. The quantitative estimate of drug-likeness (QED) is 0.358. The number of rotatable bonds is 4. The fraction of sp³-hybridized carbons (Fsp3) is 0.0870. The van der Waals surface area contributed by atoms with Crippen molar-refractivity contribution < 1.29 is 14.3 Å². The molecular formula is C23H14Cl4O3. The topological polar surface area (TPSA) is 35.5 Å². The highest BCUT2D eigenvalue weighted by Crippen LogP contribution is 2.40. The molecule has 1 aliphatic heterocycles. The summed E-state index contributed by atoms with van der Waals surface area (Å²) in [4.78, 5) is 12.8. The average molecular weight is 480 g/mol. The molecule has 0 aromatic heterocycles. The van der Waals surface area contributed by atoms with Gasteiger partial charge in [-0.25, -0.2) is 0 Å². The van der Waals surface area contributed by atoms with Crippen molar-refractivity contribution in [3.8, 4) is 11.5 Å². The third-order valence-corrected chi connectivity index (χ3v) is 6.11. The van der Waals surface area contributed by atoms with Crippen LogP contribution in [0.3, 0.4) is 0 Å². The molecular weight excluding hydrogens is 466 g/mol. The molecule has 0 fully saturated rings. The monoisotopic (exact) mass is 478 g/mol. The van der Waals surface area contributed by atoms with Gasteiger partial charge in [-0.1, -0.05) is 58.5 Å². The lowest BCUT2D eigenvalue weighted by atomic mass is 10.1. The molecule has 0 saturated heterocycles. The molecule has 1 heterocycles. The van der Waals surface area contributed by atoms with Crippen LogP contribution in [0.4, 0.5) is 0 Å². The van der Waals surface area contributed by atoms with Gasteiger partial charge in [0, 0.05) is 36.8 Å². The Hall–Kier alpha value is -2.17. The number of carbonyl (C=O) groups is 1. The van der Waals surface area contributed by atoms with Gasteiger partial charge in [0.25, 0.3) is 0 Å². The molecule has 0 amide bonds. The molecule has 30 heavy (non-hydrogen) atoms. The molecule has 0 saturated carbocycles. The molecule has 3 nitrogen and oxygen atoms in total. The summed E-state index contributed by atoms with van der Waals surface area (Å²) in [7, 11) is 0. The highest BCUT2D eigenvalue weighted by molar-refractivity contribution is 6.37. The van der Waals surface area contributed by atoms with Crippen molar-refractivity contribution in [2.45, 2.75) is 13.5 Å². The van der Waals surface area contributed by atoms with Gasteiger partial charge in [-0.2, -0.15) is 0 Å². The molecule has 4 rings (SSSR count). The van der Waals surface area contributed by atoms with Crippen LogP contribution >= 0.6 is 46.4 Å². The molecule has 0 bridgehead atoms. The van der Waals surface area contributed by atoms with Gasteiger partial charge < -0.3 is 9.47 Å². The van der Waals surface area contributed by atoms with Gasteiger partial charge in [-0.3, -0.25) is 4.79 Å². The van der Waals surface area contributed by atoms with E-state index in [9.17, 15) is 4.79 Å². The zero-order valence-electron chi connectivity index (χ0n) is 15.6. The summed E-state index contributed by atoms with van der Waals surface area (Å²) in [5, 5.41) is 1.91. The molecule has 3 aromatic carbocycles. The third kappa shape index (κ3) is 3.91. The Kier molecular flexibility index (Phi) is 5.99. The van der Waals surface area contributed by atoms with E-state index in [1.54, 1.807) is 54.6 Å². The molecule has 0 N–H and O–H groups in total. The lowest BCUT2D eigenvalue weighted by molar-refractivity contribution is 0.101.